The molecule has 0 atom stereocenters. The molecule has 0 aromatic heterocycles. The molecule has 0 radical (unpaired) electrons. The van der Waals surface area contributed by atoms with E-state index in [2.05, 4.69) is 6.92 Å². The average Bonchev–Trinajstić information content (AvgIpc) is 2.35. The lowest BCUT2D eigenvalue weighted by Gasteiger charge is -2.20. The summed E-state index contributed by atoms with van der Waals surface area (Å²) in [4.78, 5) is 11.1. The van der Waals surface area contributed by atoms with E-state index in [1.165, 1.54) is 70.6 Å². The number of hydrogen-bond donors (Lipinski definition) is 0. The normalized spacial score (nSPS) is 17.6. The molecule has 1 aliphatic carbocycles. The molecular formula is C16H30O. The molecule has 0 bridgehead atoms. The smallest absolute Gasteiger partial charge is 0.132 e. The zero-order valence-electron chi connectivity index (χ0n) is 11.7. The van der Waals surface area contributed by atoms with E-state index >= 15 is 0 Å². The van der Waals surface area contributed by atoms with Crippen molar-refractivity contribution < 1.29 is 4.79 Å². The minimum atomic E-state index is 0.497. The first-order valence-corrected chi connectivity index (χ1v) is 7.84. The number of Topliss-reactive ketones (excluding diaryl/α,β-unsaturated/α-hetero) is 1. The Hall–Kier alpha value is -0.330. The van der Waals surface area contributed by atoms with Crippen LogP contribution in [0, 0.1) is 5.92 Å². The molecule has 1 heteroatoms. The average molecular weight is 238 g/mol. The third-order valence-electron chi connectivity index (χ3n) is 4.13. The molecule has 0 spiro atoms. The SMILES string of the molecule is CCCCCCCCCCC1CCC(=O)CC1. The van der Waals surface area contributed by atoms with Crippen molar-refractivity contribution in [3.8, 4) is 0 Å². The van der Waals surface area contributed by atoms with Crippen molar-refractivity contribution in [2.24, 2.45) is 5.92 Å². The van der Waals surface area contributed by atoms with Gasteiger partial charge in [0.25, 0.3) is 0 Å². The summed E-state index contributed by atoms with van der Waals surface area (Å²) in [6, 6.07) is 0. The third-order valence-corrected chi connectivity index (χ3v) is 4.13. The van der Waals surface area contributed by atoms with Crippen molar-refractivity contribution >= 4 is 5.78 Å². The number of ketones is 1. The fourth-order valence-corrected chi connectivity index (χ4v) is 2.86. The minimum Gasteiger partial charge on any atom is -0.300 e. The van der Waals surface area contributed by atoms with Crippen LogP contribution in [-0.2, 0) is 4.79 Å². The standard InChI is InChI=1S/C16H30O/c1-2-3-4-5-6-7-8-9-10-15-11-13-16(17)14-12-15/h15H,2-14H2,1H3. The maximum atomic E-state index is 11.1. The van der Waals surface area contributed by atoms with Crippen molar-refractivity contribution in [3.05, 3.63) is 0 Å². The van der Waals surface area contributed by atoms with E-state index in [1.807, 2.05) is 0 Å². The fraction of sp³-hybridized carbons (Fsp3) is 0.938. The second-order valence-electron chi connectivity index (χ2n) is 5.75. The predicted molar refractivity (Wildman–Crippen MR) is 74.2 cm³/mol. The first-order chi connectivity index (χ1) is 8.33. The quantitative estimate of drug-likeness (QED) is 0.500. The minimum absolute atomic E-state index is 0.497. The molecule has 1 fully saturated rings. The van der Waals surface area contributed by atoms with Crippen LogP contribution in [0.15, 0.2) is 0 Å². The molecule has 0 aliphatic heterocycles. The van der Waals surface area contributed by atoms with Gasteiger partial charge in [0.2, 0.25) is 0 Å². The van der Waals surface area contributed by atoms with E-state index in [0.717, 1.165) is 18.8 Å². The van der Waals surface area contributed by atoms with Gasteiger partial charge >= 0.3 is 0 Å². The fourth-order valence-electron chi connectivity index (χ4n) is 2.86. The number of unbranched alkanes of at least 4 members (excludes halogenated alkanes) is 7. The topological polar surface area (TPSA) is 17.1 Å². The van der Waals surface area contributed by atoms with Gasteiger partial charge in [-0.05, 0) is 18.8 Å². The molecule has 0 saturated heterocycles. The summed E-state index contributed by atoms with van der Waals surface area (Å²) in [6.45, 7) is 2.27. The van der Waals surface area contributed by atoms with Crippen LogP contribution in [0.25, 0.3) is 0 Å². The van der Waals surface area contributed by atoms with Crippen LogP contribution in [0.2, 0.25) is 0 Å². The van der Waals surface area contributed by atoms with Crippen molar-refractivity contribution in [3.63, 3.8) is 0 Å². The molecule has 1 rings (SSSR count). The van der Waals surface area contributed by atoms with E-state index in [-0.39, 0.29) is 0 Å². The Balaban J connectivity index is 1.82. The lowest BCUT2D eigenvalue weighted by molar-refractivity contribution is -0.121. The highest BCUT2D eigenvalue weighted by atomic mass is 16.1. The van der Waals surface area contributed by atoms with Crippen LogP contribution in [0.3, 0.4) is 0 Å². The third kappa shape index (κ3) is 7.57. The van der Waals surface area contributed by atoms with Gasteiger partial charge in [-0.15, -0.1) is 0 Å². The molecule has 0 N–H and O–H groups in total. The van der Waals surface area contributed by atoms with E-state index in [4.69, 9.17) is 0 Å². The first kappa shape index (κ1) is 14.7. The van der Waals surface area contributed by atoms with Gasteiger partial charge in [0.15, 0.2) is 0 Å². The number of rotatable bonds is 9. The van der Waals surface area contributed by atoms with Gasteiger partial charge in [0.05, 0.1) is 0 Å². The molecule has 0 amide bonds. The molecule has 1 aliphatic rings. The summed E-state index contributed by atoms with van der Waals surface area (Å²) in [5, 5.41) is 0. The zero-order chi connectivity index (χ0) is 12.3. The van der Waals surface area contributed by atoms with Gasteiger partial charge in [0.1, 0.15) is 5.78 Å². The summed E-state index contributed by atoms with van der Waals surface area (Å²) < 4.78 is 0. The van der Waals surface area contributed by atoms with Gasteiger partial charge in [-0.3, -0.25) is 4.79 Å². The van der Waals surface area contributed by atoms with Crippen LogP contribution in [0.5, 0.6) is 0 Å². The molecule has 17 heavy (non-hydrogen) atoms. The highest BCUT2D eigenvalue weighted by Gasteiger charge is 2.17. The zero-order valence-corrected chi connectivity index (χ0v) is 11.7. The van der Waals surface area contributed by atoms with Crippen molar-refractivity contribution in [1.82, 2.24) is 0 Å². The number of carbonyl (C=O) groups excluding carboxylic acids is 1. The van der Waals surface area contributed by atoms with E-state index in [1.54, 1.807) is 0 Å². The van der Waals surface area contributed by atoms with Gasteiger partial charge in [-0.2, -0.15) is 0 Å². The van der Waals surface area contributed by atoms with E-state index in [0.29, 0.717) is 5.78 Å². The maximum absolute atomic E-state index is 11.1. The molecule has 0 heterocycles. The summed E-state index contributed by atoms with van der Waals surface area (Å²) in [7, 11) is 0. The summed E-state index contributed by atoms with van der Waals surface area (Å²) in [5.74, 6) is 1.37. The first-order valence-electron chi connectivity index (χ1n) is 7.84. The van der Waals surface area contributed by atoms with Crippen LogP contribution < -0.4 is 0 Å². The molecule has 1 nitrogen and oxygen atoms in total. The van der Waals surface area contributed by atoms with E-state index in [9.17, 15) is 4.79 Å². The molecule has 100 valence electrons. The number of hydrogen-bond acceptors (Lipinski definition) is 1. The number of carbonyl (C=O) groups is 1. The van der Waals surface area contributed by atoms with Crippen LogP contribution >= 0.6 is 0 Å². The molecule has 1 saturated carbocycles. The van der Waals surface area contributed by atoms with Crippen LogP contribution in [-0.4, -0.2) is 5.78 Å². The van der Waals surface area contributed by atoms with Crippen LogP contribution in [0.1, 0.15) is 90.4 Å². The Bertz CT molecular complexity index is 188. The van der Waals surface area contributed by atoms with Crippen molar-refractivity contribution in [1.29, 1.82) is 0 Å². The Morgan fingerprint density at radius 1 is 0.882 bits per heavy atom. The highest BCUT2D eigenvalue weighted by Crippen LogP contribution is 2.26. The molecular weight excluding hydrogens is 208 g/mol. The van der Waals surface area contributed by atoms with Gasteiger partial charge in [-0.25, -0.2) is 0 Å². The Morgan fingerprint density at radius 3 is 2.00 bits per heavy atom. The van der Waals surface area contributed by atoms with Gasteiger partial charge in [-0.1, -0.05) is 64.7 Å². The second kappa shape index (κ2) is 9.67. The lowest BCUT2D eigenvalue weighted by Crippen LogP contribution is -2.13. The van der Waals surface area contributed by atoms with Crippen molar-refractivity contribution in [2.75, 3.05) is 0 Å². The monoisotopic (exact) mass is 238 g/mol. The summed E-state index contributed by atoms with van der Waals surface area (Å²) >= 11 is 0. The van der Waals surface area contributed by atoms with Gasteiger partial charge in [0, 0.05) is 12.8 Å². The Morgan fingerprint density at radius 2 is 1.41 bits per heavy atom. The van der Waals surface area contributed by atoms with Gasteiger partial charge < -0.3 is 0 Å². The molecule has 0 aromatic rings. The largest absolute Gasteiger partial charge is 0.300 e. The van der Waals surface area contributed by atoms with Crippen LogP contribution in [0.4, 0.5) is 0 Å². The predicted octanol–water partition coefficient (Wildman–Crippen LogP) is 5.28. The Kier molecular flexibility index (Phi) is 8.38. The highest BCUT2D eigenvalue weighted by molar-refractivity contribution is 5.78. The maximum Gasteiger partial charge on any atom is 0.132 e. The summed E-state index contributed by atoms with van der Waals surface area (Å²) in [6.07, 6.45) is 16.8. The van der Waals surface area contributed by atoms with E-state index < -0.39 is 0 Å². The molecule has 0 aromatic carbocycles. The molecule has 0 unspecified atom stereocenters. The Labute approximate surface area is 107 Å². The lowest BCUT2D eigenvalue weighted by atomic mass is 9.85. The summed E-state index contributed by atoms with van der Waals surface area (Å²) in [5.41, 5.74) is 0. The van der Waals surface area contributed by atoms with Crippen molar-refractivity contribution in [2.45, 2.75) is 90.4 Å². The second-order valence-corrected chi connectivity index (χ2v) is 5.75.